The fourth-order valence-corrected chi connectivity index (χ4v) is 5.18. The molecule has 2 atom stereocenters. The number of nitrogens with one attached hydrogen (secondary N) is 1. The van der Waals surface area contributed by atoms with E-state index < -0.39 is 18.0 Å². The van der Waals surface area contributed by atoms with Crippen LogP contribution < -0.4 is 5.32 Å². The first-order valence-corrected chi connectivity index (χ1v) is 11.7. The Bertz CT molecular complexity index is 808. The lowest BCUT2D eigenvalue weighted by Crippen LogP contribution is -2.55. The van der Waals surface area contributed by atoms with Crippen molar-refractivity contribution in [2.24, 2.45) is 5.41 Å². The molecule has 2 amide bonds. The number of hydrogen-bond donors (Lipinski definition) is 1. The van der Waals surface area contributed by atoms with E-state index in [9.17, 15) is 14.0 Å². The lowest BCUT2D eigenvalue weighted by molar-refractivity contribution is -0.162. The number of amides is 2. The molecular weight excluding hydrogens is 413 g/mol. The molecule has 1 N–H and O–H groups in total. The highest BCUT2D eigenvalue weighted by molar-refractivity contribution is 5.86. The Hall–Kier alpha value is -2.03. The van der Waals surface area contributed by atoms with Crippen LogP contribution >= 0.6 is 0 Å². The molecule has 8 heteroatoms. The van der Waals surface area contributed by atoms with Crippen molar-refractivity contribution in [2.75, 3.05) is 53.0 Å². The molecule has 7 nitrogen and oxygen atoms in total. The summed E-state index contributed by atoms with van der Waals surface area (Å²) in [5, 5.41) is 3.10. The zero-order chi connectivity index (χ0) is 22.6. The largest absolute Gasteiger partial charge is 0.381 e. The molecule has 3 fully saturated rings. The Balaban J connectivity index is 1.48. The molecule has 3 saturated heterocycles. The second kappa shape index (κ2) is 10.3. The quantitative estimate of drug-likeness (QED) is 0.724. The third-order valence-corrected chi connectivity index (χ3v) is 7.16. The number of carbonyl (C=O) groups excluding carboxylic acids is 2. The van der Waals surface area contributed by atoms with Gasteiger partial charge in [0.25, 0.3) is 5.91 Å². The van der Waals surface area contributed by atoms with Crippen LogP contribution in [0.4, 0.5) is 4.39 Å². The molecule has 4 rings (SSSR count). The van der Waals surface area contributed by atoms with Crippen molar-refractivity contribution in [1.29, 1.82) is 0 Å². The summed E-state index contributed by atoms with van der Waals surface area (Å²) in [5.41, 5.74) is 0.243. The summed E-state index contributed by atoms with van der Waals surface area (Å²) in [6, 6.07) is 5.44. The maximum absolute atomic E-state index is 14.6. The molecule has 0 bridgehead atoms. The number of rotatable bonds is 6. The zero-order valence-electron chi connectivity index (χ0n) is 18.9. The number of hydrogen-bond acceptors (Lipinski definition) is 5. The normalized spacial score (nSPS) is 26.7. The zero-order valence-corrected chi connectivity index (χ0v) is 18.9. The van der Waals surface area contributed by atoms with Crippen LogP contribution in [0, 0.1) is 11.2 Å². The lowest BCUT2D eigenvalue weighted by Gasteiger charge is -2.43. The minimum absolute atomic E-state index is 0.0465. The van der Waals surface area contributed by atoms with Gasteiger partial charge in [-0.3, -0.25) is 9.59 Å². The minimum atomic E-state index is -0.957. The number of morpholine rings is 1. The van der Waals surface area contributed by atoms with Crippen LogP contribution in [0.3, 0.4) is 0 Å². The van der Waals surface area contributed by atoms with E-state index in [1.807, 2.05) is 0 Å². The maximum atomic E-state index is 14.6. The number of likely N-dealkylation sites (N-methyl/N-ethyl adjacent to an activating group) is 1. The SMILES string of the molecule is CN1C(=O)COC(C(=O)NCC2(CN3CCCCC3)CCOCC2)C1c1ccccc1F. The van der Waals surface area contributed by atoms with Gasteiger partial charge in [0.2, 0.25) is 5.91 Å². The van der Waals surface area contributed by atoms with Crippen LogP contribution in [0.25, 0.3) is 0 Å². The van der Waals surface area contributed by atoms with Gasteiger partial charge in [0.05, 0.1) is 6.04 Å². The number of nitrogens with zero attached hydrogens (tertiary/aromatic N) is 2. The third-order valence-electron chi connectivity index (χ3n) is 7.16. The van der Waals surface area contributed by atoms with Crippen molar-refractivity contribution in [3.63, 3.8) is 0 Å². The molecule has 3 aliphatic rings. The summed E-state index contributed by atoms with van der Waals surface area (Å²) < 4.78 is 25.8. The smallest absolute Gasteiger partial charge is 0.251 e. The van der Waals surface area contributed by atoms with Crippen molar-refractivity contribution in [3.8, 4) is 0 Å². The molecule has 176 valence electrons. The number of benzene rings is 1. The first kappa shape index (κ1) is 23.1. The number of carbonyl (C=O) groups is 2. The van der Waals surface area contributed by atoms with Gasteiger partial charge in [0.1, 0.15) is 12.4 Å². The summed E-state index contributed by atoms with van der Waals surface area (Å²) in [4.78, 5) is 29.5. The van der Waals surface area contributed by atoms with Gasteiger partial charge in [0.15, 0.2) is 6.10 Å². The Morgan fingerprint density at radius 2 is 1.91 bits per heavy atom. The van der Waals surface area contributed by atoms with Crippen molar-refractivity contribution in [3.05, 3.63) is 35.6 Å². The van der Waals surface area contributed by atoms with E-state index in [0.29, 0.717) is 19.8 Å². The second-order valence-corrected chi connectivity index (χ2v) is 9.37. The molecule has 0 spiro atoms. The summed E-state index contributed by atoms with van der Waals surface area (Å²) in [7, 11) is 1.60. The molecule has 1 aromatic carbocycles. The van der Waals surface area contributed by atoms with Gasteiger partial charge < -0.3 is 24.6 Å². The van der Waals surface area contributed by atoms with Gasteiger partial charge in [0, 0.05) is 44.3 Å². The first-order chi connectivity index (χ1) is 15.5. The summed E-state index contributed by atoms with van der Waals surface area (Å²) in [6.07, 6.45) is 4.56. The number of halogens is 1. The average Bonchev–Trinajstić information content (AvgIpc) is 2.81. The van der Waals surface area contributed by atoms with Crippen molar-refractivity contribution < 1.29 is 23.5 Å². The van der Waals surface area contributed by atoms with Gasteiger partial charge in [-0.15, -0.1) is 0 Å². The van der Waals surface area contributed by atoms with Crippen LogP contribution in [0.2, 0.25) is 0 Å². The summed E-state index contributed by atoms with van der Waals surface area (Å²) in [5.74, 6) is -1.03. The van der Waals surface area contributed by atoms with Gasteiger partial charge >= 0.3 is 0 Å². The minimum Gasteiger partial charge on any atom is -0.381 e. The molecule has 32 heavy (non-hydrogen) atoms. The molecule has 1 aromatic rings. The Morgan fingerprint density at radius 1 is 1.19 bits per heavy atom. The van der Waals surface area contributed by atoms with E-state index in [4.69, 9.17) is 9.47 Å². The fourth-order valence-electron chi connectivity index (χ4n) is 5.18. The van der Waals surface area contributed by atoms with Crippen LogP contribution in [-0.4, -0.2) is 80.8 Å². The average molecular weight is 448 g/mol. The molecule has 2 unspecified atom stereocenters. The monoisotopic (exact) mass is 447 g/mol. The standard InChI is InChI=1S/C24H34FN3O4/c1-27-20(29)15-32-22(21(27)18-7-3-4-8-19(18)25)23(30)26-16-24(9-13-31-14-10-24)17-28-11-5-2-6-12-28/h3-4,7-8,21-22H,2,5-6,9-17H2,1H3,(H,26,30). The van der Waals surface area contributed by atoms with Gasteiger partial charge in [-0.05, 0) is 44.8 Å². The molecule has 0 saturated carbocycles. The molecule has 3 aliphatic heterocycles. The second-order valence-electron chi connectivity index (χ2n) is 9.37. The van der Waals surface area contributed by atoms with E-state index in [-0.39, 0.29) is 29.4 Å². The van der Waals surface area contributed by atoms with E-state index >= 15 is 0 Å². The Labute approximate surface area is 189 Å². The highest BCUT2D eigenvalue weighted by atomic mass is 19.1. The Kier molecular flexibility index (Phi) is 7.43. The molecule has 0 aromatic heterocycles. The molecular formula is C24H34FN3O4. The summed E-state index contributed by atoms with van der Waals surface area (Å²) >= 11 is 0. The lowest BCUT2D eigenvalue weighted by atomic mass is 9.79. The van der Waals surface area contributed by atoms with Crippen LogP contribution in [-0.2, 0) is 19.1 Å². The predicted octanol–water partition coefficient (Wildman–Crippen LogP) is 2.12. The van der Waals surface area contributed by atoms with Crippen LogP contribution in [0.5, 0.6) is 0 Å². The van der Waals surface area contributed by atoms with Crippen LogP contribution in [0.15, 0.2) is 24.3 Å². The predicted molar refractivity (Wildman–Crippen MR) is 117 cm³/mol. The number of likely N-dealkylation sites (tertiary alicyclic amines) is 1. The highest BCUT2D eigenvalue weighted by Crippen LogP contribution is 2.34. The maximum Gasteiger partial charge on any atom is 0.251 e. The van der Waals surface area contributed by atoms with Crippen molar-refractivity contribution in [2.45, 2.75) is 44.2 Å². The topological polar surface area (TPSA) is 71.1 Å². The summed E-state index contributed by atoms with van der Waals surface area (Å²) in [6.45, 7) is 4.86. The van der Waals surface area contributed by atoms with Crippen LogP contribution in [0.1, 0.15) is 43.7 Å². The van der Waals surface area contributed by atoms with Gasteiger partial charge in [-0.25, -0.2) is 4.39 Å². The molecule has 0 aliphatic carbocycles. The van der Waals surface area contributed by atoms with E-state index in [0.717, 1.165) is 32.5 Å². The third kappa shape index (κ3) is 5.13. The molecule has 3 heterocycles. The first-order valence-electron chi connectivity index (χ1n) is 11.7. The van der Waals surface area contributed by atoms with Gasteiger partial charge in [-0.2, -0.15) is 0 Å². The van der Waals surface area contributed by atoms with E-state index in [1.165, 1.54) is 30.2 Å². The Morgan fingerprint density at radius 3 is 2.62 bits per heavy atom. The fraction of sp³-hybridized carbons (Fsp3) is 0.667. The van der Waals surface area contributed by atoms with E-state index in [1.54, 1.807) is 25.2 Å². The van der Waals surface area contributed by atoms with E-state index in [2.05, 4.69) is 10.2 Å². The highest BCUT2D eigenvalue weighted by Gasteiger charge is 2.42. The number of ether oxygens (including phenoxy) is 2. The molecule has 0 radical (unpaired) electrons. The number of piperidine rings is 1. The van der Waals surface area contributed by atoms with Crippen molar-refractivity contribution >= 4 is 11.8 Å². The van der Waals surface area contributed by atoms with Gasteiger partial charge in [-0.1, -0.05) is 24.6 Å². The van der Waals surface area contributed by atoms with Crippen molar-refractivity contribution in [1.82, 2.24) is 15.1 Å².